The molecular weight excluding hydrogens is 354 g/mol. The number of aromatic nitrogens is 1. The molecule has 1 atom stereocenters. The highest BCUT2D eigenvalue weighted by molar-refractivity contribution is 5.97. The van der Waals surface area contributed by atoms with Gasteiger partial charge in [-0.1, -0.05) is 43.3 Å². The second kappa shape index (κ2) is 7.08. The molecule has 5 nitrogen and oxygen atoms in total. The van der Waals surface area contributed by atoms with Gasteiger partial charge in [0.05, 0.1) is 5.52 Å². The standard InChI is InChI=1S/C23H21NO4/c1-2-14-7-8-16-10-15(11-18(16)9-14)12-21(25)24-20-6-4-3-5-17(20)13-19(22(24)26)23(27)28/h3-9,13,15H,2,10-12H2,1H3,(H,27,28). The van der Waals surface area contributed by atoms with Crippen molar-refractivity contribution in [1.82, 2.24) is 4.57 Å². The van der Waals surface area contributed by atoms with Gasteiger partial charge in [0.15, 0.2) is 0 Å². The molecule has 0 bridgehead atoms. The summed E-state index contributed by atoms with van der Waals surface area (Å²) >= 11 is 0. The minimum Gasteiger partial charge on any atom is -0.477 e. The average molecular weight is 375 g/mol. The van der Waals surface area contributed by atoms with Crippen LogP contribution in [0.2, 0.25) is 0 Å². The van der Waals surface area contributed by atoms with Crippen LogP contribution in [-0.4, -0.2) is 21.6 Å². The molecule has 1 aromatic heterocycles. The predicted octanol–water partition coefficient (Wildman–Crippen LogP) is 3.71. The largest absolute Gasteiger partial charge is 0.477 e. The molecule has 2 aromatic carbocycles. The van der Waals surface area contributed by atoms with Gasteiger partial charge in [-0.25, -0.2) is 9.36 Å². The van der Waals surface area contributed by atoms with Crippen molar-refractivity contribution in [3.8, 4) is 0 Å². The smallest absolute Gasteiger partial charge is 0.341 e. The van der Waals surface area contributed by atoms with E-state index in [9.17, 15) is 19.5 Å². The number of aryl methyl sites for hydroxylation is 1. The number of carboxylic acid groups (broad SMARTS) is 1. The van der Waals surface area contributed by atoms with E-state index in [1.54, 1.807) is 24.3 Å². The molecule has 4 rings (SSSR count). The van der Waals surface area contributed by atoms with E-state index in [-0.39, 0.29) is 23.8 Å². The first-order valence-corrected chi connectivity index (χ1v) is 9.50. The van der Waals surface area contributed by atoms with Gasteiger partial charge < -0.3 is 5.11 Å². The Balaban J connectivity index is 1.67. The van der Waals surface area contributed by atoms with Crippen LogP contribution in [0.4, 0.5) is 0 Å². The Morgan fingerprint density at radius 2 is 1.82 bits per heavy atom. The summed E-state index contributed by atoms with van der Waals surface area (Å²) in [4.78, 5) is 37.2. The van der Waals surface area contributed by atoms with Crippen molar-refractivity contribution in [3.63, 3.8) is 0 Å². The number of hydrogen-bond acceptors (Lipinski definition) is 3. The number of pyridine rings is 1. The van der Waals surface area contributed by atoms with E-state index in [1.807, 2.05) is 0 Å². The lowest BCUT2D eigenvalue weighted by molar-refractivity contribution is 0.0694. The first kappa shape index (κ1) is 18.2. The van der Waals surface area contributed by atoms with Gasteiger partial charge >= 0.3 is 5.97 Å². The molecule has 0 saturated heterocycles. The van der Waals surface area contributed by atoms with Crippen molar-refractivity contribution in [1.29, 1.82) is 0 Å². The van der Waals surface area contributed by atoms with Gasteiger partial charge in [-0.3, -0.25) is 9.59 Å². The molecule has 142 valence electrons. The quantitative estimate of drug-likeness (QED) is 0.754. The summed E-state index contributed by atoms with van der Waals surface area (Å²) in [5.74, 6) is -1.55. The van der Waals surface area contributed by atoms with Crippen molar-refractivity contribution in [2.24, 2.45) is 5.92 Å². The second-order valence-corrected chi connectivity index (χ2v) is 7.39. The molecule has 28 heavy (non-hydrogen) atoms. The lowest BCUT2D eigenvalue weighted by Crippen LogP contribution is -2.32. The van der Waals surface area contributed by atoms with Crippen molar-refractivity contribution in [2.45, 2.75) is 32.6 Å². The maximum Gasteiger partial charge on any atom is 0.341 e. The molecule has 0 amide bonds. The number of benzene rings is 2. The van der Waals surface area contributed by atoms with Gasteiger partial charge in [-0.05, 0) is 59.4 Å². The third kappa shape index (κ3) is 3.13. The van der Waals surface area contributed by atoms with E-state index in [2.05, 4.69) is 25.1 Å². The number of carbonyl (C=O) groups excluding carboxylic acids is 1. The van der Waals surface area contributed by atoms with Crippen molar-refractivity contribution < 1.29 is 14.7 Å². The van der Waals surface area contributed by atoms with Crippen molar-refractivity contribution in [2.75, 3.05) is 0 Å². The Labute approximate surface area is 162 Å². The van der Waals surface area contributed by atoms with Crippen LogP contribution >= 0.6 is 0 Å². The molecular formula is C23H21NO4. The highest BCUT2D eigenvalue weighted by atomic mass is 16.4. The molecule has 1 unspecified atom stereocenters. The number of carboxylic acids is 1. The minimum absolute atomic E-state index is 0.119. The number of aromatic carboxylic acids is 1. The molecule has 0 radical (unpaired) electrons. The zero-order valence-electron chi connectivity index (χ0n) is 15.6. The fourth-order valence-corrected chi connectivity index (χ4v) is 4.13. The van der Waals surface area contributed by atoms with Crippen molar-refractivity contribution in [3.05, 3.63) is 81.1 Å². The molecule has 0 aliphatic heterocycles. The lowest BCUT2D eigenvalue weighted by Gasteiger charge is -2.13. The van der Waals surface area contributed by atoms with E-state index in [0.717, 1.165) is 23.8 Å². The van der Waals surface area contributed by atoms with Gasteiger partial charge in [-0.15, -0.1) is 0 Å². The Morgan fingerprint density at radius 3 is 2.57 bits per heavy atom. The molecule has 0 saturated carbocycles. The number of carbonyl (C=O) groups is 2. The van der Waals surface area contributed by atoms with Gasteiger partial charge in [0.1, 0.15) is 5.56 Å². The number of para-hydroxylation sites is 1. The molecule has 1 N–H and O–H groups in total. The van der Waals surface area contributed by atoms with E-state index < -0.39 is 11.5 Å². The van der Waals surface area contributed by atoms with Crippen LogP contribution in [0, 0.1) is 5.92 Å². The third-order valence-corrected chi connectivity index (χ3v) is 5.55. The summed E-state index contributed by atoms with van der Waals surface area (Å²) in [5.41, 5.74) is 3.11. The Kier molecular flexibility index (Phi) is 4.59. The molecule has 5 heteroatoms. The van der Waals surface area contributed by atoms with Gasteiger partial charge in [0, 0.05) is 6.42 Å². The van der Waals surface area contributed by atoms with Gasteiger partial charge in [-0.2, -0.15) is 0 Å². The number of hydrogen-bond donors (Lipinski definition) is 1. The third-order valence-electron chi connectivity index (χ3n) is 5.55. The minimum atomic E-state index is -1.32. The lowest BCUT2D eigenvalue weighted by atomic mass is 10.0. The van der Waals surface area contributed by atoms with Crippen LogP contribution in [0.25, 0.3) is 10.9 Å². The molecule has 1 heterocycles. The van der Waals surface area contributed by atoms with Crippen LogP contribution in [0.1, 0.15) is 45.2 Å². The molecule has 3 aromatic rings. The normalized spacial score (nSPS) is 15.5. The zero-order valence-corrected chi connectivity index (χ0v) is 15.6. The maximum absolute atomic E-state index is 13.1. The maximum atomic E-state index is 13.1. The number of nitrogens with zero attached hydrogens (tertiary/aromatic N) is 1. The molecule has 0 spiro atoms. The number of fused-ring (bicyclic) bond motifs is 2. The summed E-state index contributed by atoms with van der Waals surface area (Å²) < 4.78 is 1.04. The van der Waals surface area contributed by atoms with Crippen LogP contribution < -0.4 is 5.56 Å². The fraction of sp³-hybridized carbons (Fsp3) is 0.261. The van der Waals surface area contributed by atoms with Crippen LogP contribution in [-0.2, 0) is 19.3 Å². The Hall–Kier alpha value is -3.21. The van der Waals surface area contributed by atoms with Crippen LogP contribution in [0.3, 0.4) is 0 Å². The van der Waals surface area contributed by atoms with Crippen LogP contribution in [0.5, 0.6) is 0 Å². The topological polar surface area (TPSA) is 76.4 Å². The van der Waals surface area contributed by atoms with E-state index >= 15 is 0 Å². The van der Waals surface area contributed by atoms with Crippen LogP contribution in [0.15, 0.2) is 53.3 Å². The van der Waals surface area contributed by atoms with E-state index in [1.165, 1.54) is 22.8 Å². The summed E-state index contributed by atoms with van der Waals surface area (Å²) in [6.45, 7) is 2.12. The summed E-state index contributed by atoms with van der Waals surface area (Å²) in [7, 11) is 0. The van der Waals surface area contributed by atoms with Gasteiger partial charge in [0.2, 0.25) is 5.91 Å². The Morgan fingerprint density at radius 1 is 1.07 bits per heavy atom. The summed E-state index contributed by atoms with van der Waals surface area (Å²) in [5, 5.41) is 9.92. The average Bonchev–Trinajstić information content (AvgIpc) is 3.08. The highest BCUT2D eigenvalue weighted by Crippen LogP contribution is 2.30. The van der Waals surface area contributed by atoms with E-state index in [4.69, 9.17) is 0 Å². The first-order valence-electron chi connectivity index (χ1n) is 9.50. The SMILES string of the molecule is CCc1ccc2c(c1)CC(CC(=O)n1c(=O)c(C(=O)O)cc3ccccc31)C2. The van der Waals surface area contributed by atoms with Crippen molar-refractivity contribution >= 4 is 22.8 Å². The molecule has 0 fully saturated rings. The second-order valence-electron chi connectivity index (χ2n) is 7.39. The summed E-state index contributed by atoms with van der Waals surface area (Å²) in [6, 6.07) is 14.7. The summed E-state index contributed by atoms with van der Waals surface area (Å²) in [6.07, 6.45) is 2.79. The molecule has 1 aliphatic rings. The monoisotopic (exact) mass is 375 g/mol. The zero-order chi connectivity index (χ0) is 19.8. The van der Waals surface area contributed by atoms with Gasteiger partial charge in [0.25, 0.3) is 5.56 Å². The Bertz CT molecular complexity index is 1160. The fourth-order valence-electron chi connectivity index (χ4n) is 4.13. The number of rotatable bonds is 4. The first-order chi connectivity index (χ1) is 13.5. The van der Waals surface area contributed by atoms with E-state index in [0.29, 0.717) is 10.9 Å². The molecule has 1 aliphatic carbocycles. The predicted molar refractivity (Wildman–Crippen MR) is 107 cm³/mol. The highest BCUT2D eigenvalue weighted by Gasteiger charge is 2.26.